The topological polar surface area (TPSA) is 127 Å². The van der Waals surface area contributed by atoms with Gasteiger partial charge in [-0.05, 0) is 29.5 Å². The van der Waals surface area contributed by atoms with Crippen molar-refractivity contribution < 1.29 is 29.7 Å². The second-order valence-electron chi connectivity index (χ2n) is 7.54. The third kappa shape index (κ3) is 5.36. The zero-order chi connectivity index (χ0) is 22.5. The molecule has 0 saturated carbocycles. The molecule has 2 aromatic rings. The Hall–Kier alpha value is -3.39. The number of carbonyl (C=O) groups excluding carboxylic acids is 1. The Bertz CT molecular complexity index is 894. The molecule has 0 aliphatic rings. The van der Waals surface area contributed by atoms with Crippen LogP contribution in [0.5, 0.6) is 0 Å². The number of carboxylic acid groups (broad SMARTS) is 2. The maximum atomic E-state index is 12.7. The summed E-state index contributed by atoms with van der Waals surface area (Å²) in [5.74, 6) is -3.08. The molecule has 2 atom stereocenters. The van der Waals surface area contributed by atoms with Crippen LogP contribution < -0.4 is 5.32 Å². The van der Waals surface area contributed by atoms with Gasteiger partial charge in [0.15, 0.2) is 6.04 Å². The average molecular weight is 414 g/mol. The Labute approximate surface area is 174 Å². The number of nitrogens with one attached hydrogen (secondary N) is 1. The molecule has 0 spiro atoms. The Morgan fingerprint density at radius 1 is 0.967 bits per heavy atom. The minimum atomic E-state index is -2.49. The summed E-state index contributed by atoms with van der Waals surface area (Å²) in [5.41, 5.74) is -0.338. The predicted octanol–water partition coefficient (Wildman–Crippen LogP) is 2.94. The van der Waals surface area contributed by atoms with Crippen molar-refractivity contribution in [3.63, 3.8) is 0 Å². The first-order valence-electron chi connectivity index (χ1n) is 9.46. The number of hydrogen-bond acceptors (Lipinski definition) is 4. The van der Waals surface area contributed by atoms with Gasteiger partial charge in [0, 0.05) is 6.54 Å². The molecule has 0 saturated heterocycles. The number of aliphatic carboxylic acids is 2. The van der Waals surface area contributed by atoms with E-state index >= 15 is 0 Å². The summed E-state index contributed by atoms with van der Waals surface area (Å²) >= 11 is 0. The fraction of sp³-hybridized carbons (Fsp3) is 0.318. The van der Waals surface area contributed by atoms with Gasteiger partial charge in [0.2, 0.25) is 5.72 Å². The van der Waals surface area contributed by atoms with Crippen LogP contribution >= 0.6 is 0 Å². The molecule has 0 aliphatic heterocycles. The summed E-state index contributed by atoms with van der Waals surface area (Å²) in [6.07, 6.45) is 0. The van der Waals surface area contributed by atoms with E-state index in [0.29, 0.717) is 10.5 Å². The molecule has 0 bridgehead atoms. The van der Waals surface area contributed by atoms with Gasteiger partial charge in [-0.1, -0.05) is 68.4 Å². The number of benzene rings is 2. The summed E-state index contributed by atoms with van der Waals surface area (Å²) in [7, 11) is 0. The number of nitrogens with zero attached hydrogens (tertiary/aromatic N) is 1. The van der Waals surface area contributed by atoms with E-state index in [4.69, 9.17) is 0 Å². The van der Waals surface area contributed by atoms with Crippen molar-refractivity contribution >= 4 is 18.0 Å². The molecule has 2 aromatic carbocycles. The summed E-state index contributed by atoms with van der Waals surface area (Å²) in [5, 5.41) is 31.5. The summed E-state index contributed by atoms with van der Waals surface area (Å²) in [4.78, 5) is 36.7. The fourth-order valence-corrected chi connectivity index (χ4v) is 2.93. The minimum absolute atomic E-state index is 0.0790. The van der Waals surface area contributed by atoms with Crippen LogP contribution in [0.15, 0.2) is 54.6 Å². The molecule has 0 radical (unpaired) electrons. The lowest BCUT2D eigenvalue weighted by Gasteiger charge is -2.35. The molecule has 8 nitrogen and oxygen atoms in total. The largest absolute Gasteiger partial charge is 0.479 e. The first kappa shape index (κ1) is 22.9. The van der Waals surface area contributed by atoms with Crippen LogP contribution in [0.3, 0.4) is 0 Å². The van der Waals surface area contributed by atoms with Crippen LogP contribution in [0.2, 0.25) is 0 Å². The fourth-order valence-electron chi connectivity index (χ4n) is 2.93. The quantitative estimate of drug-likeness (QED) is 0.492. The number of rotatable bonds is 8. The van der Waals surface area contributed by atoms with Crippen molar-refractivity contribution in [1.29, 1.82) is 0 Å². The summed E-state index contributed by atoms with van der Waals surface area (Å²) in [6, 6.07) is 13.8. The van der Waals surface area contributed by atoms with E-state index in [0.717, 1.165) is 18.1 Å². The number of carboxylic acids is 2. The number of aliphatic hydroxyl groups is 1. The molecule has 0 aromatic heterocycles. The highest BCUT2D eigenvalue weighted by atomic mass is 16.4. The maximum Gasteiger partial charge on any atom is 0.357 e. The van der Waals surface area contributed by atoms with Crippen molar-refractivity contribution in [3.8, 4) is 11.1 Å². The van der Waals surface area contributed by atoms with Gasteiger partial charge in [0.05, 0.1) is 0 Å². The molecule has 2 unspecified atom stereocenters. The number of amides is 2. The van der Waals surface area contributed by atoms with Gasteiger partial charge >= 0.3 is 18.0 Å². The number of carbonyl (C=O) groups is 3. The second kappa shape index (κ2) is 9.41. The SMILES string of the molecule is CC(C)CN(C(=O)NC(C(=O)O)c1ccc(-c2ccccc2)cc1)C(C)(O)C(=O)O. The first-order valence-corrected chi connectivity index (χ1v) is 9.46. The van der Waals surface area contributed by atoms with Crippen LogP contribution in [-0.2, 0) is 9.59 Å². The summed E-state index contributed by atoms with van der Waals surface area (Å²) < 4.78 is 0. The van der Waals surface area contributed by atoms with E-state index in [1.54, 1.807) is 38.1 Å². The van der Waals surface area contributed by atoms with E-state index in [-0.39, 0.29) is 12.5 Å². The van der Waals surface area contributed by atoms with Crippen LogP contribution in [0, 0.1) is 5.92 Å². The first-order chi connectivity index (χ1) is 14.0. The lowest BCUT2D eigenvalue weighted by Crippen LogP contribution is -2.59. The van der Waals surface area contributed by atoms with Crippen molar-refractivity contribution in [2.24, 2.45) is 5.92 Å². The summed E-state index contributed by atoms with van der Waals surface area (Å²) in [6.45, 7) is 4.39. The van der Waals surface area contributed by atoms with Gasteiger partial charge in [-0.2, -0.15) is 0 Å². The molecule has 2 rings (SSSR count). The van der Waals surface area contributed by atoms with Gasteiger partial charge < -0.3 is 20.6 Å². The van der Waals surface area contributed by atoms with E-state index in [2.05, 4.69) is 5.32 Å². The van der Waals surface area contributed by atoms with Crippen molar-refractivity contribution in [3.05, 3.63) is 60.2 Å². The number of hydrogen-bond donors (Lipinski definition) is 4. The highest BCUT2D eigenvalue weighted by Gasteiger charge is 2.42. The van der Waals surface area contributed by atoms with Crippen LogP contribution in [0.25, 0.3) is 11.1 Å². The van der Waals surface area contributed by atoms with Crippen LogP contribution in [-0.4, -0.2) is 50.5 Å². The molecule has 0 aliphatic carbocycles. The highest BCUT2D eigenvalue weighted by Crippen LogP contribution is 2.23. The zero-order valence-electron chi connectivity index (χ0n) is 17.1. The van der Waals surface area contributed by atoms with Crippen LogP contribution in [0.4, 0.5) is 4.79 Å². The average Bonchev–Trinajstić information content (AvgIpc) is 2.70. The normalized spacial score (nSPS) is 13.9. The molecule has 160 valence electrons. The van der Waals surface area contributed by atoms with E-state index in [1.165, 1.54) is 0 Å². The maximum absolute atomic E-state index is 12.7. The van der Waals surface area contributed by atoms with E-state index in [1.807, 2.05) is 30.3 Å². The molecule has 30 heavy (non-hydrogen) atoms. The van der Waals surface area contributed by atoms with Gasteiger partial charge in [-0.3, -0.25) is 4.90 Å². The lowest BCUT2D eigenvalue weighted by atomic mass is 10.0. The Morgan fingerprint density at radius 3 is 1.97 bits per heavy atom. The smallest absolute Gasteiger partial charge is 0.357 e. The molecule has 8 heteroatoms. The predicted molar refractivity (Wildman–Crippen MR) is 111 cm³/mol. The third-order valence-corrected chi connectivity index (χ3v) is 4.59. The zero-order valence-corrected chi connectivity index (χ0v) is 17.1. The second-order valence-corrected chi connectivity index (χ2v) is 7.54. The lowest BCUT2D eigenvalue weighted by molar-refractivity contribution is -0.173. The Kier molecular flexibility index (Phi) is 7.18. The van der Waals surface area contributed by atoms with E-state index in [9.17, 15) is 29.7 Å². The Morgan fingerprint density at radius 2 is 1.50 bits per heavy atom. The minimum Gasteiger partial charge on any atom is -0.479 e. The van der Waals surface area contributed by atoms with Gasteiger partial charge in [-0.25, -0.2) is 14.4 Å². The molecular weight excluding hydrogens is 388 g/mol. The monoisotopic (exact) mass is 414 g/mol. The number of urea groups is 1. The molecular formula is C22H26N2O6. The standard InChI is InChI=1S/C22H26N2O6/c1-14(2)13-24(22(3,30)20(27)28)21(29)23-18(19(25)26)17-11-9-16(10-12-17)15-7-5-4-6-8-15/h4-12,14,18,30H,13H2,1-3H3,(H,23,29)(H,25,26)(H,27,28). The van der Waals surface area contributed by atoms with Gasteiger partial charge in [0.25, 0.3) is 0 Å². The molecule has 0 fully saturated rings. The van der Waals surface area contributed by atoms with Crippen molar-refractivity contribution in [2.75, 3.05) is 6.54 Å². The van der Waals surface area contributed by atoms with Gasteiger partial charge in [-0.15, -0.1) is 0 Å². The van der Waals surface area contributed by atoms with Crippen molar-refractivity contribution in [2.45, 2.75) is 32.5 Å². The molecule has 2 amide bonds. The van der Waals surface area contributed by atoms with Crippen LogP contribution in [0.1, 0.15) is 32.4 Å². The van der Waals surface area contributed by atoms with Gasteiger partial charge in [0.1, 0.15) is 0 Å². The Balaban J connectivity index is 2.28. The third-order valence-electron chi connectivity index (χ3n) is 4.59. The molecule has 4 N–H and O–H groups in total. The van der Waals surface area contributed by atoms with Crippen molar-refractivity contribution in [1.82, 2.24) is 10.2 Å². The highest BCUT2D eigenvalue weighted by molar-refractivity contribution is 5.88. The van der Waals surface area contributed by atoms with E-state index < -0.39 is 29.7 Å². The molecule has 0 heterocycles.